The standard InChI is InChI=1S/C17H19N3O3S/c21-15(11-1-2-11)18-8-17(23)5-6-20(9-17)16(22)12-3-4-13-14(7-12)24-10-19-13/h3-4,7,10-11,23H,1-2,5-6,8-9H2,(H,18,21). The molecular formula is C17H19N3O3S. The van der Waals surface area contributed by atoms with E-state index in [-0.39, 0.29) is 30.8 Å². The van der Waals surface area contributed by atoms with E-state index in [0.717, 1.165) is 23.1 Å². The van der Waals surface area contributed by atoms with Gasteiger partial charge in [0.05, 0.1) is 22.3 Å². The van der Waals surface area contributed by atoms with Crippen LogP contribution in [0.1, 0.15) is 29.6 Å². The molecule has 2 aromatic rings. The van der Waals surface area contributed by atoms with Crippen LogP contribution in [0.25, 0.3) is 10.2 Å². The van der Waals surface area contributed by atoms with Crippen molar-refractivity contribution in [3.8, 4) is 0 Å². The molecule has 0 radical (unpaired) electrons. The first-order chi connectivity index (χ1) is 11.5. The number of aliphatic hydroxyl groups is 1. The molecule has 1 saturated heterocycles. The van der Waals surface area contributed by atoms with Gasteiger partial charge in [-0.2, -0.15) is 0 Å². The van der Waals surface area contributed by atoms with Gasteiger partial charge in [-0.25, -0.2) is 4.98 Å². The molecule has 126 valence electrons. The number of nitrogens with zero attached hydrogens (tertiary/aromatic N) is 2. The van der Waals surface area contributed by atoms with E-state index in [1.165, 1.54) is 11.3 Å². The zero-order valence-electron chi connectivity index (χ0n) is 13.2. The Bertz CT molecular complexity index is 801. The largest absolute Gasteiger partial charge is 0.386 e. The first-order valence-electron chi connectivity index (χ1n) is 8.17. The van der Waals surface area contributed by atoms with Crippen LogP contribution in [0.2, 0.25) is 0 Å². The molecule has 2 fully saturated rings. The van der Waals surface area contributed by atoms with Gasteiger partial charge in [0.1, 0.15) is 5.60 Å². The fourth-order valence-electron chi connectivity index (χ4n) is 3.09. The van der Waals surface area contributed by atoms with E-state index < -0.39 is 5.60 Å². The molecule has 0 spiro atoms. The van der Waals surface area contributed by atoms with Gasteiger partial charge in [-0.05, 0) is 37.5 Å². The van der Waals surface area contributed by atoms with Crippen LogP contribution in [0.3, 0.4) is 0 Å². The summed E-state index contributed by atoms with van der Waals surface area (Å²) in [4.78, 5) is 30.3. The normalized spacial score (nSPS) is 23.6. The summed E-state index contributed by atoms with van der Waals surface area (Å²) in [5.74, 6) is 0.0532. The van der Waals surface area contributed by atoms with Crippen LogP contribution in [0.15, 0.2) is 23.7 Å². The average molecular weight is 345 g/mol. The highest BCUT2D eigenvalue weighted by Crippen LogP contribution is 2.29. The molecule has 6 nitrogen and oxygen atoms in total. The maximum Gasteiger partial charge on any atom is 0.254 e. The number of aromatic nitrogens is 1. The minimum atomic E-state index is -1.03. The van der Waals surface area contributed by atoms with Crippen LogP contribution in [-0.4, -0.2) is 52.0 Å². The Labute approximate surface area is 143 Å². The lowest BCUT2D eigenvalue weighted by molar-refractivity contribution is -0.123. The minimum Gasteiger partial charge on any atom is -0.386 e. The van der Waals surface area contributed by atoms with Crippen molar-refractivity contribution in [1.82, 2.24) is 15.2 Å². The third kappa shape index (κ3) is 3.01. The van der Waals surface area contributed by atoms with Crippen molar-refractivity contribution in [2.45, 2.75) is 24.9 Å². The van der Waals surface area contributed by atoms with Crippen LogP contribution in [0.4, 0.5) is 0 Å². The molecule has 7 heteroatoms. The maximum absolute atomic E-state index is 12.7. The number of benzene rings is 1. The Morgan fingerprint density at radius 1 is 1.42 bits per heavy atom. The van der Waals surface area contributed by atoms with Crippen LogP contribution in [-0.2, 0) is 4.79 Å². The molecule has 1 atom stereocenters. The van der Waals surface area contributed by atoms with Gasteiger partial charge in [0, 0.05) is 24.6 Å². The Morgan fingerprint density at radius 2 is 2.25 bits per heavy atom. The van der Waals surface area contributed by atoms with E-state index in [1.54, 1.807) is 16.5 Å². The molecule has 24 heavy (non-hydrogen) atoms. The number of nitrogens with one attached hydrogen (secondary N) is 1. The van der Waals surface area contributed by atoms with Crippen molar-refractivity contribution in [2.24, 2.45) is 5.92 Å². The van der Waals surface area contributed by atoms with E-state index >= 15 is 0 Å². The fourth-order valence-corrected chi connectivity index (χ4v) is 3.80. The van der Waals surface area contributed by atoms with Gasteiger partial charge >= 0.3 is 0 Å². The third-order valence-corrected chi connectivity index (χ3v) is 5.53. The van der Waals surface area contributed by atoms with Gasteiger partial charge in [-0.1, -0.05) is 0 Å². The molecule has 1 unspecified atom stereocenters. The highest BCUT2D eigenvalue weighted by Gasteiger charge is 2.39. The molecule has 2 N–H and O–H groups in total. The van der Waals surface area contributed by atoms with E-state index in [4.69, 9.17) is 0 Å². The monoisotopic (exact) mass is 345 g/mol. The van der Waals surface area contributed by atoms with Gasteiger partial charge < -0.3 is 15.3 Å². The Kier molecular flexibility index (Phi) is 3.77. The highest BCUT2D eigenvalue weighted by atomic mass is 32.1. The lowest BCUT2D eigenvalue weighted by Gasteiger charge is -2.24. The summed E-state index contributed by atoms with van der Waals surface area (Å²) >= 11 is 1.50. The number of carbonyl (C=O) groups excluding carboxylic acids is 2. The van der Waals surface area contributed by atoms with Crippen molar-refractivity contribution < 1.29 is 14.7 Å². The topological polar surface area (TPSA) is 82.5 Å². The lowest BCUT2D eigenvalue weighted by Crippen LogP contribution is -2.46. The Morgan fingerprint density at radius 3 is 3.04 bits per heavy atom. The van der Waals surface area contributed by atoms with Crippen molar-refractivity contribution in [1.29, 1.82) is 0 Å². The second kappa shape index (κ2) is 5.82. The number of β-amino-alcohol motifs (C(OH)–C–C–N with tert-alkyl or cyclic N) is 1. The highest BCUT2D eigenvalue weighted by molar-refractivity contribution is 7.16. The van der Waals surface area contributed by atoms with Crippen LogP contribution < -0.4 is 5.32 Å². The molecule has 4 rings (SSSR count). The molecule has 1 aliphatic heterocycles. The molecule has 2 heterocycles. The molecule has 1 saturated carbocycles. The van der Waals surface area contributed by atoms with Gasteiger partial charge in [0.15, 0.2) is 0 Å². The zero-order valence-corrected chi connectivity index (χ0v) is 14.0. The third-order valence-electron chi connectivity index (χ3n) is 4.74. The Balaban J connectivity index is 1.41. The number of thiazole rings is 1. The van der Waals surface area contributed by atoms with Gasteiger partial charge in [0.2, 0.25) is 5.91 Å². The summed E-state index contributed by atoms with van der Waals surface area (Å²) < 4.78 is 0.979. The van der Waals surface area contributed by atoms with Gasteiger partial charge in [-0.15, -0.1) is 11.3 Å². The molecule has 2 amide bonds. The second-order valence-electron chi connectivity index (χ2n) is 6.73. The van der Waals surface area contributed by atoms with Crippen LogP contribution in [0.5, 0.6) is 0 Å². The van der Waals surface area contributed by atoms with Gasteiger partial charge in [0.25, 0.3) is 5.91 Å². The molecule has 2 aliphatic rings. The van der Waals surface area contributed by atoms with Crippen LogP contribution in [0, 0.1) is 5.92 Å². The first-order valence-corrected chi connectivity index (χ1v) is 9.05. The van der Waals surface area contributed by atoms with E-state index in [0.29, 0.717) is 18.5 Å². The molecular weight excluding hydrogens is 326 g/mol. The van der Waals surface area contributed by atoms with E-state index in [1.807, 2.05) is 12.1 Å². The summed E-state index contributed by atoms with van der Waals surface area (Å²) in [5, 5.41) is 13.4. The number of likely N-dealkylation sites (tertiary alicyclic amines) is 1. The summed E-state index contributed by atoms with van der Waals surface area (Å²) in [7, 11) is 0. The molecule has 1 aromatic heterocycles. The van der Waals surface area contributed by atoms with Gasteiger partial charge in [-0.3, -0.25) is 9.59 Å². The number of hydrogen-bond donors (Lipinski definition) is 2. The molecule has 1 aliphatic carbocycles. The number of rotatable bonds is 4. The predicted molar refractivity (Wildman–Crippen MR) is 90.8 cm³/mol. The summed E-state index contributed by atoms with van der Waals surface area (Å²) in [5.41, 5.74) is 2.22. The number of amides is 2. The number of hydrogen-bond acceptors (Lipinski definition) is 5. The van der Waals surface area contributed by atoms with Crippen molar-refractivity contribution in [2.75, 3.05) is 19.6 Å². The smallest absolute Gasteiger partial charge is 0.254 e. The Hall–Kier alpha value is -1.99. The van der Waals surface area contributed by atoms with Crippen molar-refractivity contribution in [3.63, 3.8) is 0 Å². The summed E-state index contributed by atoms with van der Waals surface area (Å²) in [6.07, 6.45) is 2.36. The summed E-state index contributed by atoms with van der Waals surface area (Å²) in [6.45, 7) is 0.951. The first kappa shape index (κ1) is 15.5. The van der Waals surface area contributed by atoms with Crippen molar-refractivity contribution in [3.05, 3.63) is 29.3 Å². The van der Waals surface area contributed by atoms with E-state index in [2.05, 4.69) is 10.3 Å². The quantitative estimate of drug-likeness (QED) is 0.877. The summed E-state index contributed by atoms with van der Waals surface area (Å²) in [6, 6.07) is 5.47. The SMILES string of the molecule is O=C(NCC1(O)CCN(C(=O)c2ccc3ncsc3c2)C1)C1CC1. The lowest BCUT2D eigenvalue weighted by atomic mass is 10.0. The number of carbonyl (C=O) groups is 2. The average Bonchev–Trinajstić information content (AvgIpc) is 3.21. The van der Waals surface area contributed by atoms with Crippen LogP contribution >= 0.6 is 11.3 Å². The minimum absolute atomic E-state index is 0.0175. The van der Waals surface area contributed by atoms with Crippen molar-refractivity contribution >= 4 is 33.4 Å². The predicted octanol–water partition coefficient (Wildman–Crippen LogP) is 1.40. The molecule has 1 aromatic carbocycles. The fraction of sp³-hybridized carbons (Fsp3) is 0.471. The number of fused-ring (bicyclic) bond motifs is 1. The maximum atomic E-state index is 12.7. The zero-order chi connectivity index (χ0) is 16.7. The molecule has 0 bridgehead atoms. The van der Waals surface area contributed by atoms with E-state index in [9.17, 15) is 14.7 Å². The second-order valence-corrected chi connectivity index (χ2v) is 7.61.